The van der Waals surface area contributed by atoms with Gasteiger partial charge in [0.2, 0.25) is 15.9 Å². The number of hydrogen-bond acceptors (Lipinski definition) is 4. The number of anilines is 1. The number of amides is 1. The first-order chi connectivity index (χ1) is 14.6. The molecule has 7 heteroatoms. The number of methoxy groups -OCH3 is 1. The molecule has 0 bridgehead atoms. The highest BCUT2D eigenvalue weighted by Crippen LogP contribution is 2.32. The molecule has 0 radical (unpaired) electrons. The first-order valence-corrected chi connectivity index (χ1v) is 12.1. The normalized spacial score (nSPS) is 17.5. The van der Waals surface area contributed by atoms with Crippen LogP contribution in [0.25, 0.3) is 0 Å². The van der Waals surface area contributed by atoms with Crippen LogP contribution in [0.3, 0.4) is 0 Å². The monoisotopic (exact) mass is 444 g/mol. The van der Waals surface area contributed by atoms with E-state index in [1.165, 1.54) is 11.4 Å². The van der Waals surface area contributed by atoms with Crippen LogP contribution in [0.4, 0.5) is 5.69 Å². The second kappa shape index (κ2) is 9.40. The van der Waals surface area contributed by atoms with Gasteiger partial charge in [-0.05, 0) is 61.4 Å². The maximum absolute atomic E-state index is 13.4. The van der Waals surface area contributed by atoms with Crippen molar-refractivity contribution in [1.82, 2.24) is 4.31 Å². The van der Waals surface area contributed by atoms with Gasteiger partial charge in [-0.3, -0.25) is 4.79 Å². The molecule has 31 heavy (non-hydrogen) atoms. The largest absolute Gasteiger partial charge is 0.495 e. The van der Waals surface area contributed by atoms with Crippen LogP contribution in [0.5, 0.6) is 5.75 Å². The average Bonchev–Trinajstić information content (AvgIpc) is 2.75. The number of aryl methyl sites for hydroxylation is 2. The molecule has 1 aliphatic rings. The second-order valence-electron chi connectivity index (χ2n) is 8.54. The molecule has 1 aliphatic heterocycles. The molecule has 1 fully saturated rings. The van der Waals surface area contributed by atoms with Crippen LogP contribution in [0.2, 0.25) is 0 Å². The Labute approximate surface area is 185 Å². The molecule has 1 atom stereocenters. The number of ether oxygens (including phenoxy) is 1. The van der Waals surface area contributed by atoms with Crippen molar-refractivity contribution in [2.75, 3.05) is 25.5 Å². The standard InChI is InChI=1S/C24H32N2O4S/c1-16(2)20-10-6-8-18(4)23(20)25-24(27)19-9-7-13-26(15-19)31(28,29)22-14-17(3)11-12-21(22)30-5/h6,8,10-12,14,16,19H,7,9,13,15H2,1-5H3,(H,25,27)/t19-/m1/s1. The molecule has 0 saturated carbocycles. The summed E-state index contributed by atoms with van der Waals surface area (Å²) in [6.45, 7) is 8.56. The van der Waals surface area contributed by atoms with Gasteiger partial charge in [0, 0.05) is 18.8 Å². The number of para-hydroxylation sites is 1. The minimum atomic E-state index is -3.77. The molecular formula is C24H32N2O4S. The van der Waals surface area contributed by atoms with Gasteiger partial charge in [0.1, 0.15) is 10.6 Å². The van der Waals surface area contributed by atoms with Crippen molar-refractivity contribution in [1.29, 1.82) is 0 Å². The lowest BCUT2D eigenvalue weighted by atomic mass is 9.95. The van der Waals surface area contributed by atoms with Crippen molar-refractivity contribution in [2.45, 2.75) is 51.3 Å². The highest BCUT2D eigenvalue weighted by Gasteiger charge is 2.35. The molecule has 3 rings (SSSR count). The van der Waals surface area contributed by atoms with Gasteiger partial charge in [-0.25, -0.2) is 8.42 Å². The Balaban J connectivity index is 1.83. The van der Waals surface area contributed by atoms with Gasteiger partial charge in [0.15, 0.2) is 0 Å². The van der Waals surface area contributed by atoms with Crippen LogP contribution in [0.15, 0.2) is 41.3 Å². The summed E-state index contributed by atoms with van der Waals surface area (Å²) >= 11 is 0. The summed E-state index contributed by atoms with van der Waals surface area (Å²) < 4.78 is 33.4. The quantitative estimate of drug-likeness (QED) is 0.713. The molecular weight excluding hydrogens is 412 g/mol. The van der Waals surface area contributed by atoms with Gasteiger partial charge in [-0.15, -0.1) is 0 Å². The predicted octanol–water partition coefficient (Wildman–Crippen LogP) is 4.47. The van der Waals surface area contributed by atoms with E-state index in [1.807, 2.05) is 38.1 Å². The van der Waals surface area contributed by atoms with Crippen molar-refractivity contribution in [3.63, 3.8) is 0 Å². The fraction of sp³-hybridized carbons (Fsp3) is 0.458. The molecule has 1 N–H and O–H groups in total. The van der Waals surface area contributed by atoms with Gasteiger partial charge in [0.05, 0.1) is 13.0 Å². The Kier molecular flexibility index (Phi) is 7.06. The fourth-order valence-corrected chi connectivity index (χ4v) is 5.83. The summed E-state index contributed by atoms with van der Waals surface area (Å²) in [6.07, 6.45) is 1.29. The second-order valence-corrected chi connectivity index (χ2v) is 10.4. The van der Waals surface area contributed by atoms with E-state index < -0.39 is 15.9 Å². The molecule has 168 valence electrons. The third-order valence-corrected chi connectivity index (χ3v) is 7.75. The van der Waals surface area contributed by atoms with E-state index in [0.717, 1.165) is 22.4 Å². The first-order valence-electron chi connectivity index (χ1n) is 10.7. The minimum Gasteiger partial charge on any atom is -0.495 e. The topological polar surface area (TPSA) is 75.7 Å². The number of piperidine rings is 1. The molecule has 0 unspecified atom stereocenters. The van der Waals surface area contributed by atoms with E-state index in [1.54, 1.807) is 12.1 Å². The van der Waals surface area contributed by atoms with E-state index >= 15 is 0 Å². The van der Waals surface area contributed by atoms with Crippen LogP contribution >= 0.6 is 0 Å². The zero-order chi connectivity index (χ0) is 22.8. The Bertz CT molecular complexity index is 1060. The number of carbonyl (C=O) groups excluding carboxylic acids is 1. The minimum absolute atomic E-state index is 0.132. The van der Waals surface area contributed by atoms with Crippen LogP contribution in [-0.2, 0) is 14.8 Å². The number of rotatable bonds is 6. The summed E-state index contributed by atoms with van der Waals surface area (Å²) in [6, 6.07) is 11.1. The lowest BCUT2D eigenvalue weighted by Crippen LogP contribution is -2.43. The van der Waals surface area contributed by atoms with Crippen molar-refractivity contribution < 1.29 is 17.9 Å². The third kappa shape index (κ3) is 4.93. The molecule has 2 aromatic rings. The van der Waals surface area contributed by atoms with Crippen LogP contribution in [0.1, 0.15) is 49.3 Å². The third-order valence-electron chi connectivity index (χ3n) is 5.87. The van der Waals surface area contributed by atoms with Crippen molar-refractivity contribution in [2.24, 2.45) is 5.92 Å². The maximum Gasteiger partial charge on any atom is 0.246 e. The Morgan fingerprint density at radius 2 is 1.94 bits per heavy atom. The van der Waals surface area contributed by atoms with E-state index in [9.17, 15) is 13.2 Å². The lowest BCUT2D eigenvalue weighted by molar-refractivity contribution is -0.120. The van der Waals surface area contributed by atoms with E-state index in [2.05, 4.69) is 19.2 Å². The number of nitrogens with one attached hydrogen (secondary N) is 1. The van der Waals surface area contributed by atoms with E-state index in [-0.39, 0.29) is 23.3 Å². The summed E-state index contributed by atoms with van der Waals surface area (Å²) in [5, 5.41) is 3.09. The molecule has 1 amide bonds. The number of carbonyl (C=O) groups is 1. The highest BCUT2D eigenvalue weighted by atomic mass is 32.2. The van der Waals surface area contributed by atoms with Crippen molar-refractivity contribution >= 4 is 21.6 Å². The van der Waals surface area contributed by atoms with Gasteiger partial charge in [0.25, 0.3) is 0 Å². The molecule has 1 saturated heterocycles. The number of sulfonamides is 1. The lowest BCUT2D eigenvalue weighted by Gasteiger charge is -2.32. The smallest absolute Gasteiger partial charge is 0.246 e. The Morgan fingerprint density at radius 3 is 2.61 bits per heavy atom. The fourth-order valence-electron chi connectivity index (χ4n) is 4.07. The molecule has 0 aromatic heterocycles. The summed E-state index contributed by atoms with van der Waals surface area (Å²) in [7, 11) is -2.31. The van der Waals surface area contributed by atoms with Gasteiger partial charge >= 0.3 is 0 Å². The SMILES string of the molecule is COc1ccc(C)cc1S(=O)(=O)N1CCC[C@@H](C(=O)Nc2c(C)cccc2C(C)C)C1. The van der Waals surface area contributed by atoms with Gasteiger partial charge < -0.3 is 10.1 Å². The van der Waals surface area contributed by atoms with Gasteiger partial charge in [-0.2, -0.15) is 4.31 Å². The van der Waals surface area contributed by atoms with Crippen LogP contribution in [-0.4, -0.2) is 38.8 Å². The molecule has 1 heterocycles. The highest BCUT2D eigenvalue weighted by molar-refractivity contribution is 7.89. The molecule has 6 nitrogen and oxygen atoms in total. The summed E-state index contributed by atoms with van der Waals surface area (Å²) in [4.78, 5) is 13.3. The summed E-state index contributed by atoms with van der Waals surface area (Å²) in [5.74, 6) is 0.0529. The number of benzene rings is 2. The molecule has 2 aromatic carbocycles. The summed E-state index contributed by atoms with van der Waals surface area (Å²) in [5.41, 5.74) is 3.76. The Hall–Kier alpha value is -2.38. The van der Waals surface area contributed by atoms with Crippen molar-refractivity contribution in [3.8, 4) is 5.75 Å². The Morgan fingerprint density at radius 1 is 1.19 bits per heavy atom. The van der Waals surface area contributed by atoms with E-state index in [0.29, 0.717) is 25.1 Å². The van der Waals surface area contributed by atoms with Gasteiger partial charge in [-0.1, -0.05) is 38.1 Å². The van der Waals surface area contributed by atoms with E-state index in [4.69, 9.17) is 4.74 Å². The van der Waals surface area contributed by atoms with Crippen LogP contribution in [0, 0.1) is 19.8 Å². The number of nitrogens with zero attached hydrogens (tertiary/aromatic N) is 1. The zero-order valence-electron chi connectivity index (χ0n) is 18.9. The first kappa shape index (κ1) is 23.3. The average molecular weight is 445 g/mol. The molecule has 0 aliphatic carbocycles. The van der Waals surface area contributed by atoms with Crippen molar-refractivity contribution in [3.05, 3.63) is 53.1 Å². The number of hydrogen-bond donors (Lipinski definition) is 1. The van der Waals surface area contributed by atoms with Crippen LogP contribution < -0.4 is 10.1 Å². The predicted molar refractivity (Wildman–Crippen MR) is 123 cm³/mol. The zero-order valence-corrected chi connectivity index (χ0v) is 19.8. The molecule has 0 spiro atoms. The maximum atomic E-state index is 13.4.